The van der Waals surface area contributed by atoms with E-state index in [0.29, 0.717) is 24.6 Å². The van der Waals surface area contributed by atoms with Crippen molar-refractivity contribution in [3.05, 3.63) is 53.7 Å². The Morgan fingerprint density at radius 1 is 1.24 bits per heavy atom. The molecule has 0 bridgehead atoms. The number of pyridine rings is 1. The fraction of sp³-hybridized carbons (Fsp3) is 0.250. The van der Waals surface area contributed by atoms with Crippen LogP contribution in [0.15, 0.2) is 42.5 Å². The molecule has 0 saturated carbocycles. The molecule has 0 unspecified atom stereocenters. The number of ether oxygens (including phenoxy) is 1. The van der Waals surface area contributed by atoms with Gasteiger partial charge in [-0.05, 0) is 18.2 Å². The molecule has 5 nitrogen and oxygen atoms in total. The lowest BCUT2D eigenvalue weighted by molar-refractivity contribution is 0.301. The van der Waals surface area contributed by atoms with Crippen molar-refractivity contribution >= 4 is 5.82 Å². The number of aliphatic hydroxyl groups excluding tert-OH is 1. The smallest absolute Gasteiger partial charge is 0.142 e. The van der Waals surface area contributed by atoms with Gasteiger partial charge in [0.25, 0.3) is 0 Å². The fourth-order valence-corrected chi connectivity index (χ4v) is 2.10. The predicted octanol–water partition coefficient (Wildman–Crippen LogP) is 1.96. The summed E-state index contributed by atoms with van der Waals surface area (Å²) in [5, 5.41) is 18.2. The van der Waals surface area contributed by atoms with Crippen molar-refractivity contribution in [1.82, 2.24) is 4.98 Å². The highest BCUT2D eigenvalue weighted by atomic mass is 16.5. The number of hydrogen-bond acceptors (Lipinski definition) is 5. The Morgan fingerprint density at radius 3 is 2.76 bits per heavy atom. The molecule has 2 aromatic rings. The SMILES string of the molecule is COc1ccccc1CN(CCO)c1cccc(C#N)n1. The first-order chi connectivity index (χ1) is 10.3. The van der Waals surface area contributed by atoms with Crippen LogP contribution in [-0.4, -0.2) is 30.4 Å². The number of hydrogen-bond donors (Lipinski definition) is 1. The lowest BCUT2D eigenvalue weighted by atomic mass is 10.2. The second-order valence-electron chi connectivity index (χ2n) is 4.45. The van der Waals surface area contributed by atoms with Gasteiger partial charge < -0.3 is 14.7 Å². The van der Waals surface area contributed by atoms with E-state index in [4.69, 9.17) is 10.00 Å². The average Bonchev–Trinajstić information content (AvgIpc) is 2.55. The van der Waals surface area contributed by atoms with E-state index in [1.165, 1.54) is 0 Å². The van der Waals surface area contributed by atoms with Crippen molar-refractivity contribution in [2.45, 2.75) is 6.54 Å². The van der Waals surface area contributed by atoms with E-state index < -0.39 is 0 Å². The number of aliphatic hydroxyl groups is 1. The molecule has 0 aliphatic carbocycles. The summed E-state index contributed by atoms with van der Waals surface area (Å²) in [5.41, 5.74) is 1.35. The number of rotatable bonds is 6. The molecule has 1 aromatic carbocycles. The third-order valence-electron chi connectivity index (χ3n) is 3.10. The van der Waals surface area contributed by atoms with Gasteiger partial charge in [0.05, 0.1) is 13.7 Å². The molecule has 0 aliphatic rings. The maximum absolute atomic E-state index is 9.26. The van der Waals surface area contributed by atoms with Gasteiger partial charge in [0, 0.05) is 18.7 Å². The van der Waals surface area contributed by atoms with Gasteiger partial charge in [-0.3, -0.25) is 0 Å². The topological polar surface area (TPSA) is 69.4 Å². The molecular formula is C16H17N3O2. The lowest BCUT2D eigenvalue weighted by Gasteiger charge is -2.23. The second-order valence-corrected chi connectivity index (χ2v) is 4.45. The summed E-state index contributed by atoms with van der Waals surface area (Å²) in [6.07, 6.45) is 0. The Bertz CT molecular complexity index is 637. The van der Waals surface area contributed by atoms with E-state index in [2.05, 4.69) is 4.98 Å². The molecule has 0 saturated heterocycles. The predicted molar refractivity (Wildman–Crippen MR) is 80.1 cm³/mol. The number of nitriles is 1. The zero-order chi connectivity index (χ0) is 15.1. The summed E-state index contributed by atoms with van der Waals surface area (Å²) in [4.78, 5) is 6.19. The van der Waals surface area contributed by atoms with Gasteiger partial charge in [-0.15, -0.1) is 0 Å². The average molecular weight is 283 g/mol. The van der Waals surface area contributed by atoms with E-state index in [-0.39, 0.29) is 6.61 Å². The maximum Gasteiger partial charge on any atom is 0.142 e. The van der Waals surface area contributed by atoms with Gasteiger partial charge in [0.2, 0.25) is 0 Å². The van der Waals surface area contributed by atoms with Crippen molar-refractivity contribution in [1.29, 1.82) is 5.26 Å². The highest BCUT2D eigenvalue weighted by Crippen LogP contribution is 2.22. The van der Waals surface area contributed by atoms with Crippen LogP contribution in [-0.2, 0) is 6.54 Å². The largest absolute Gasteiger partial charge is 0.496 e. The minimum absolute atomic E-state index is 0.00755. The quantitative estimate of drug-likeness (QED) is 0.877. The fourth-order valence-electron chi connectivity index (χ4n) is 2.10. The zero-order valence-electron chi connectivity index (χ0n) is 11.9. The molecule has 0 atom stereocenters. The van der Waals surface area contributed by atoms with Gasteiger partial charge in [0.15, 0.2) is 0 Å². The van der Waals surface area contributed by atoms with Crippen molar-refractivity contribution in [2.24, 2.45) is 0 Å². The number of aromatic nitrogens is 1. The first-order valence-electron chi connectivity index (χ1n) is 6.63. The molecular weight excluding hydrogens is 266 g/mol. The lowest BCUT2D eigenvalue weighted by Crippen LogP contribution is -2.27. The Morgan fingerprint density at radius 2 is 2.05 bits per heavy atom. The Hall–Kier alpha value is -2.58. The van der Waals surface area contributed by atoms with Gasteiger partial charge in [-0.1, -0.05) is 24.3 Å². The van der Waals surface area contributed by atoms with Crippen LogP contribution in [0.2, 0.25) is 0 Å². The van der Waals surface area contributed by atoms with Crippen LogP contribution in [0, 0.1) is 11.3 Å². The van der Waals surface area contributed by atoms with E-state index in [1.807, 2.05) is 41.3 Å². The summed E-state index contributed by atoms with van der Waals surface area (Å²) >= 11 is 0. The van der Waals surface area contributed by atoms with Crippen molar-refractivity contribution in [3.8, 4) is 11.8 Å². The number of anilines is 1. The molecule has 21 heavy (non-hydrogen) atoms. The molecule has 1 aromatic heterocycles. The summed E-state index contributed by atoms with van der Waals surface area (Å²) in [7, 11) is 1.63. The Kier molecular flexibility index (Phi) is 5.13. The van der Waals surface area contributed by atoms with E-state index in [1.54, 1.807) is 19.2 Å². The highest BCUT2D eigenvalue weighted by molar-refractivity contribution is 5.44. The Balaban J connectivity index is 2.28. The summed E-state index contributed by atoms with van der Waals surface area (Å²) in [6.45, 7) is 0.986. The van der Waals surface area contributed by atoms with Gasteiger partial charge >= 0.3 is 0 Å². The first kappa shape index (κ1) is 14.8. The summed E-state index contributed by atoms with van der Waals surface area (Å²) in [6, 6.07) is 15.0. The van der Waals surface area contributed by atoms with E-state index in [0.717, 1.165) is 11.3 Å². The molecule has 0 fully saturated rings. The third kappa shape index (κ3) is 3.71. The summed E-state index contributed by atoms with van der Waals surface area (Å²) in [5.74, 6) is 1.45. The molecule has 5 heteroatoms. The number of nitrogens with zero attached hydrogens (tertiary/aromatic N) is 3. The van der Waals surface area contributed by atoms with Crippen LogP contribution in [0.5, 0.6) is 5.75 Å². The van der Waals surface area contributed by atoms with Crippen molar-refractivity contribution in [2.75, 3.05) is 25.2 Å². The molecule has 0 amide bonds. The van der Waals surface area contributed by atoms with Crippen LogP contribution in [0.4, 0.5) is 5.82 Å². The zero-order valence-corrected chi connectivity index (χ0v) is 11.9. The van der Waals surface area contributed by atoms with Crippen LogP contribution >= 0.6 is 0 Å². The van der Waals surface area contributed by atoms with Gasteiger partial charge in [-0.25, -0.2) is 4.98 Å². The van der Waals surface area contributed by atoms with E-state index >= 15 is 0 Å². The monoisotopic (exact) mass is 283 g/mol. The van der Waals surface area contributed by atoms with E-state index in [9.17, 15) is 5.11 Å². The number of methoxy groups -OCH3 is 1. The van der Waals surface area contributed by atoms with Crippen LogP contribution in [0.1, 0.15) is 11.3 Å². The minimum Gasteiger partial charge on any atom is -0.496 e. The molecule has 108 valence electrons. The standard InChI is InChI=1S/C16H17N3O2/c1-21-15-7-3-2-5-13(15)12-19(9-10-20)16-8-4-6-14(11-17)18-16/h2-8,20H,9-10,12H2,1H3. The van der Waals surface area contributed by atoms with Crippen LogP contribution in [0.25, 0.3) is 0 Å². The normalized spacial score (nSPS) is 9.95. The van der Waals surface area contributed by atoms with Crippen LogP contribution < -0.4 is 9.64 Å². The van der Waals surface area contributed by atoms with Gasteiger partial charge in [-0.2, -0.15) is 5.26 Å². The molecule has 2 rings (SSSR count). The molecule has 1 N–H and O–H groups in total. The Labute approximate surface area is 124 Å². The summed E-state index contributed by atoms with van der Waals surface area (Å²) < 4.78 is 5.34. The second kappa shape index (κ2) is 7.27. The highest BCUT2D eigenvalue weighted by Gasteiger charge is 2.11. The number of benzene rings is 1. The third-order valence-corrected chi connectivity index (χ3v) is 3.10. The van der Waals surface area contributed by atoms with Crippen molar-refractivity contribution in [3.63, 3.8) is 0 Å². The van der Waals surface area contributed by atoms with Crippen LogP contribution in [0.3, 0.4) is 0 Å². The molecule has 0 aliphatic heterocycles. The molecule has 0 radical (unpaired) electrons. The molecule has 1 heterocycles. The maximum atomic E-state index is 9.26. The number of para-hydroxylation sites is 1. The van der Waals surface area contributed by atoms with Crippen molar-refractivity contribution < 1.29 is 9.84 Å². The minimum atomic E-state index is 0.00755. The van der Waals surface area contributed by atoms with Gasteiger partial charge in [0.1, 0.15) is 23.3 Å². The molecule has 0 spiro atoms. The first-order valence-corrected chi connectivity index (χ1v) is 6.63.